The molecule has 0 aliphatic heterocycles. The third-order valence-electron chi connectivity index (χ3n) is 2.02. The molecule has 0 atom stereocenters. The number of rotatable bonds is 6. The molecule has 0 amide bonds. The summed E-state index contributed by atoms with van der Waals surface area (Å²) in [7, 11) is 0. The maximum absolute atomic E-state index is 5.62. The number of halogens is 1. The largest absolute Gasteiger partial charge is 0.250 e. The van der Waals surface area contributed by atoms with Crippen molar-refractivity contribution in [3.8, 4) is 0 Å². The molecule has 0 unspecified atom stereocenters. The second kappa shape index (κ2) is 6.02. The van der Waals surface area contributed by atoms with Crippen molar-refractivity contribution in [2.24, 2.45) is 5.92 Å². The lowest BCUT2D eigenvalue weighted by Gasteiger charge is -2.07. The van der Waals surface area contributed by atoms with Gasteiger partial charge in [0.25, 0.3) is 0 Å². The highest BCUT2D eigenvalue weighted by Crippen LogP contribution is 2.05. The van der Waals surface area contributed by atoms with Gasteiger partial charge in [0.1, 0.15) is 12.2 Å². The van der Waals surface area contributed by atoms with E-state index in [-0.39, 0.29) is 0 Å². The third kappa shape index (κ3) is 3.66. The number of hydrogen-bond donors (Lipinski definition) is 0. The Labute approximate surface area is 90.5 Å². The molecular formula is C10H18ClN3. The SMILES string of the molecule is CC(C)Cn1ncnc1CCCCCl. The lowest BCUT2D eigenvalue weighted by atomic mass is 10.2. The summed E-state index contributed by atoms with van der Waals surface area (Å²) in [5, 5.41) is 4.21. The average molecular weight is 216 g/mol. The van der Waals surface area contributed by atoms with Gasteiger partial charge in [0.05, 0.1) is 0 Å². The molecule has 1 aromatic heterocycles. The zero-order chi connectivity index (χ0) is 10.4. The van der Waals surface area contributed by atoms with Crippen LogP contribution in [-0.2, 0) is 13.0 Å². The van der Waals surface area contributed by atoms with Crippen molar-refractivity contribution in [2.75, 3.05) is 5.88 Å². The second-order valence-electron chi connectivity index (χ2n) is 3.90. The lowest BCUT2D eigenvalue weighted by Crippen LogP contribution is -2.10. The van der Waals surface area contributed by atoms with E-state index in [1.54, 1.807) is 6.33 Å². The molecule has 0 aliphatic rings. The fourth-order valence-electron chi connectivity index (χ4n) is 1.36. The van der Waals surface area contributed by atoms with Gasteiger partial charge in [-0.2, -0.15) is 5.10 Å². The monoisotopic (exact) mass is 215 g/mol. The van der Waals surface area contributed by atoms with E-state index < -0.39 is 0 Å². The molecule has 0 N–H and O–H groups in total. The summed E-state index contributed by atoms with van der Waals surface area (Å²) in [6.07, 6.45) is 4.77. The number of aryl methyl sites for hydroxylation is 1. The van der Waals surface area contributed by atoms with Crippen LogP contribution in [0.1, 0.15) is 32.5 Å². The second-order valence-corrected chi connectivity index (χ2v) is 4.28. The molecule has 0 spiro atoms. The Balaban J connectivity index is 2.45. The van der Waals surface area contributed by atoms with Crippen LogP contribution in [0.2, 0.25) is 0 Å². The van der Waals surface area contributed by atoms with Crippen LogP contribution in [-0.4, -0.2) is 20.6 Å². The molecule has 0 bridgehead atoms. The Morgan fingerprint density at radius 2 is 2.21 bits per heavy atom. The zero-order valence-electron chi connectivity index (χ0n) is 8.91. The van der Waals surface area contributed by atoms with Gasteiger partial charge in [0.2, 0.25) is 0 Å². The number of unbranched alkanes of at least 4 members (excludes halogenated alkanes) is 1. The van der Waals surface area contributed by atoms with E-state index in [2.05, 4.69) is 23.9 Å². The topological polar surface area (TPSA) is 30.7 Å². The Kier molecular flexibility index (Phi) is 4.94. The van der Waals surface area contributed by atoms with Crippen LogP contribution < -0.4 is 0 Å². The Morgan fingerprint density at radius 1 is 1.43 bits per heavy atom. The van der Waals surface area contributed by atoms with Gasteiger partial charge in [-0.3, -0.25) is 0 Å². The van der Waals surface area contributed by atoms with E-state index in [1.165, 1.54) is 0 Å². The van der Waals surface area contributed by atoms with Crippen molar-refractivity contribution >= 4 is 11.6 Å². The molecule has 0 aromatic carbocycles. The van der Waals surface area contributed by atoms with Crippen molar-refractivity contribution in [1.29, 1.82) is 0 Å². The molecule has 4 heteroatoms. The van der Waals surface area contributed by atoms with Gasteiger partial charge >= 0.3 is 0 Å². The minimum Gasteiger partial charge on any atom is -0.250 e. The average Bonchev–Trinajstić information content (AvgIpc) is 2.52. The van der Waals surface area contributed by atoms with E-state index in [4.69, 9.17) is 11.6 Å². The first-order valence-electron chi connectivity index (χ1n) is 5.16. The molecule has 0 fully saturated rings. The van der Waals surface area contributed by atoms with Gasteiger partial charge in [0.15, 0.2) is 0 Å². The van der Waals surface area contributed by atoms with Crippen molar-refractivity contribution in [3.63, 3.8) is 0 Å². The maximum atomic E-state index is 5.62. The summed E-state index contributed by atoms with van der Waals surface area (Å²) in [4.78, 5) is 4.25. The highest BCUT2D eigenvalue weighted by atomic mass is 35.5. The molecule has 0 saturated carbocycles. The van der Waals surface area contributed by atoms with E-state index in [0.717, 1.165) is 37.5 Å². The molecule has 1 rings (SSSR count). The predicted molar refractivity (Wildman–Crippen MR) is 58.5 cm³/mol. The van der Waals surface area contributed by atoms with Crippen LogP contribution >= 0.6 is 11.6 Å². The van der Waals surface area contributed by atoms with Gasteiger partial charge < -0.3 is 0 Å². The normalized spacial score (nSPS) is 11.1. The molecule has 80 valence electrons. The summed E-state index contributed by atoms with van der Waals surface area (Å²) in [6.45, 7) is 5.32. The van der Waals surface area contributed by atoms with Crippen molar-refractivity contribution < 1.29 is 0 Å². The molecule has 1 aromatic rings. The molecule has 14 heavy (non-hydrogen) atoms. The fraction of sp³-hybridized carbons (Fsp3) is 0.800. The van der Waals surface area contributed by atoms with Gasteiger partial charge in [-0.25, -0.2) is 9.67 Å². The van der Waals surface area contributed by atoms with Gasteiger partial charge in [0, 0.05) is 18.8 Å². The Morgan fingerprint density at radius 3 is 2.86 bits per heavy atom. The Bertz CT molecular complexity index is 258. The van der Waals surface area contributed by atoms with Gasteiger partial charge in [-0.05, 0) is 18.8 Å². The third-order valence-corrected chi connectivity index (χ3v) is 2.29. The molecule has 0 radical (unpaired) electrons. The lowest BCUT2D eigenvalue weighted by molar-refractivity contribution is 0.463. The van der Waals surface area contributed by atoms with Crippen molar-refractivity contribution in [2.45, 2.75) is 39.7 Å². The van der Waals surface area contributed by atoms with Crippen LogP contribution in [0, 0.1) is 5.92 Å². The minimum atomic E-state index is 0.614. The summed E-state index contributed by atoms with van der Waals surface area (Å²) >= 11 is 5.62. The van der Waals surface area contributed by atoms with E-state index in [9.17, 15) is 0 Å². The molecular weight excluding hydrogens is 198 g/mol. The predicted octanol–water partition coefficient (Wildman–Crippen LogP) is 2.50. The van der Waals surface area contributed by atoms with Crippen LogP contribution in [0.4, 0.5) is 0 Å². The summed E-state index contributed by atoms with van der Waals surface area (Å²) in [5.74, 6) is 2.44. The first kappa shape index (κ1) is 11.5. The van der Waals surface area contributed by atoms with Crippen LogP contribution in [0.5, 0.6) is 0 Å². The first-order valence-corrected chi connectivity index (χ1v) is 5.70. The quantitative estimate of drug-likeness (QED) is 0.539. The summed E-state index contributed by atoms with van der Waals surface area (Å²) < 4.78 is 2.00. The molecule has 0 aliphatic carbocycles. The number of nitrogens with zero attached hydrogens (tertiary/aromatic N) is 3. The number of aromatic nitrogens is 3. The number of alkyl halides is 1. The molecule has 1 heterocycles. The van der Waals surface area contributed by atoms with Crippen molar-refractivity contribution in [3.05, 3.63) is 12.2 Å². The summed E-state index contributed by atoms with van der Waals surface area (Å²) in [6, 6.07) is 0. The molecule has 0 saturated heterocycles. The van der Waals surface area contributed by atoms with E-state index >= 15 is 0 Å². The van der Waals surface area contributed by atoms with Crippen molar-refractivity contribution in [1.82, 2.24) is 14.8 Å². The van der Waals surface area contributed by atoms with E-state index in [0.29, 0.717) is 5.92 Å². The fourth-order valence-corrected chi connectivity index (χ4v) is 1.55. The highest BCUT2D eigenvalue weighted by Gasteiger charge is 2.05. The minimum absolute atomic E-state index is 0.614. The Hall–Kier alpha value is -0.570. The maximum Gasteiger partial charge on any atom is 0.138 e. The van der Waals surface area contributed by atoms with Gasteiger partial charge in [-0.1, -0.05) is 13.8 Å². The van der Waals surface area contributed by atoms with Crippen LogP contribution in [0.15, 0.2) is 6.33 Å². The van der Waals surface area contributed by atoms with Crippen LogP contribution in [0.3, 0.4) is 0 Å². The number of hydrogen-bond acceptors (Lipinski definition) is 2. The van der Waals surface area contributed by atoms with Crippen LogP contribution in [0.25, 0.3) is 0 Å². The highest BCUT2D eigenvalue weighted by molar-refractivity contribution is 6.17. The standard InChI is InChI=1S/C10H18ClN3/c1-9(2)7-14-10(12-8-13-14)5-3-4-6-11/h8-9H,3-7H2,1-2H3. The van der Waals surface area contributed by atoms with E-state index in [1.807, 2.05) is 4.68 Å². The van der Waals surface area contributed by atoms with Gasteiger partial charge in [-0.15, -0.1) is 11.6 Å². The summed E-state index contributed by atoms with van der Waals surface area (Å²) in [5.41, 5.74) is 0. The first-order chi connectivity index (χ1) is 6.74. The zero-order valence-corrected chi connectivity index (χ0v) is 9.67. The smallest absolute Gasteiger partial charge is 0.138 e. The molecule has 3 nitrogen and oxygen atoms in total.